The van der Waals surface area contributed by atoms with E-state index in [4.69, 9.17) is 18.9 Å². The first-order valence-corrected chi connectivity index (χ1v) is 14.7. The van der Waals surface area contributed by atoms with Gasteiger partial charge in [0.2, 0.25) is 0 Å². The molecule has 0 amide bonds. The number of benzene rings is 2. The summed E-state index contributed by atoms with van der Waals surface area (Å²) in [4.78, 5) is 39.5. The van der Waals surface area contributed by atoms with Gasteiger partial charge in [0.15, 0.2) is 12.2 Å². The molecule has 1 aliphatic heterocycles. The van der Waals surface area contributed by atoms with Crippen molar-refractivity contribution in [3.63, 3.8) is 0 Å². The summed E-state index contributed by atoms with van der Waals surface area (Å²) < 4.78 is 24.5. The second-order valence-corrected chi connectivity index (χ2v) is 13.0. The first-order valence-electron chi connectivity index (χ1n) is 14.7. The molecule has 2 aromatic rings. The van der Waals surface area contributed by atoms with Crippen molar-refractivity contribution in [2.45, 2.75) is 101 Å². The van der Waals surface area contributed by atoms with Gasteiger partial charge >= 0.3 is 17.9 Å². The highest BCUT2D eigenvalue weighted by atomic mass is 16.6. The Bertz CT molecular complexity index is 1390. The molecule has 2 aliphatic carbocycles. The minimum Gasteiger partial charge on any atom is -0.462 e. The molecule has 3 aliphatic rings. The molecule has 10 unspecified atom stereocenters. The summed E-state index contributed by atoms with van der Waals surface area (Å²) in [7, 11) is 0. The maximum Gasteiger partial charge on any atom is 0.338 e. The van der Waals surface area contributed by atoms with Gasteiger partial charge in [-0.3, -0.25) is 4.79 Å². The van der Waals surface area contributed by atoms with E-state index in [1.54, 1.807) is 57.2 Å². The zero-order valence-corrected chi connectivity index (χ0v) is 25.4. The number of fused-ring (bicyclic) bond motifs is 1. The van der Waals surface area contributed by atoms with Gasteiger partial charge in [-0.05, 0) is 58.2 Å². The van der Waals surface area contributed by atoms with Crippen LogP contribution in [0.4, 0.5) is 0 Å². The fourth-order valence-corrected chi connectivity index (χ4v) is 7.88. The van der Waals surface area contributed by atoms with E-state index < -0.39 is 82.7 Å². The van der Waals surface area contributed by atoms with Gasteiger partial charge in [-0.2, -0.15) is 0 Å². The van der Waals surface area contributed by atoms with Crippen LogP contribution >= 0.6 is 0 Å². The summed E-state index contributed by atoms with van der Waals surface area (Å²) in [6.07, 6.45) is -8.97. The van der Waals surface area contributed by atoms with Crippen LogP contribution in [-0.4, -0.2) is 85.7 Å². The summed E-state index contributed by atoms with van der Waals surface area (Å²) in [5, 5.41) is 45.7. The number of aliphatic hydroxyl groups is 4. The van der Waals surface area contributed by atoms with E-state index >= 15 is 0 Å². The maximum atomic E-state index is 13.6. The van der Waals surface area contributed by atoms with Crippen molar-refractivity contribution in [3.05, 3.63) is 71.8 Å². The molecule has 1 saturated heterocycles. The summed E-state index contributed by atoms with van der Waals surface area (Å²) in [5.74, 6) is -3.76. The summed E-state index contributed by atoms with van der Waals surface area (Å²) in [6.45, 7) is 7.61. The zero-order valence-electron chi connectivity index (χ0n) is 25.4. The minimum absolute atomic E-state index is 0.0756. The molecule has 2 aromatic carbocycles. The molecule has 0 radical (unpaired) electrons. The van der Waals surface area contributed by atoms with Crippen LogP contribution in [0, 0.1) is 11.3 Å². The number of esters is 3. The SMILES string of the molecule is CC(=O)OC1CCC(C)(O)C23OC(C)(C)C(C(OC(=O)C(O)C(O)c4ccccc4)C(OC(=O)c4ccccc4)C12C)C3O. The number of aliphatic hydroxyl groups excluding tert-OH is 3. The average molecular weight is 613 g/mol. The van der Waals surface area contributed by atoms with E-state index in [1.165, 1.54) is 38.1 Å². The van der Waals surface area contributed by atoms with E-state index in [1.807, 2.05) is 0 Å². The number of ether oxygens (including phenoxy) is 4. The van der Waals surface area contributed by atoms with E-state index in [9.17, 15) is 34.8 Å². The van der Waals surface area contributed by atoms with Crippen molar-refractivity contribution in [1.82, 2.24) is 0 Å². The Labute approximate surface area is 255 Å². The Balaban J connectivity index is 1.64. The van der Waals surface area contributed by atoms with E-state index in [0.717, 1.165) is 0 Å². The number of hydrogen-bond acceptors (Lipinski definition) is 11. The molecule has 11 heteroatoms. The molecule has 1 spiro atoms. The Morgan fingerprint density at radius 3 is 2.09 bits per heavy atom. The van der Waals surface area contributed by atoms with E-state index in [0.29, 0.717) is 0 Å². The van der Waals surface area contributed by atoms with Crippen LogP contribution in [0.1, 0.15) is 69.5 Å². The highest BCUT2D eigenvalue weighted by Gasteiger charge is 2.84. The van der Waals surface area contributed by atoms with E-state index in [2.05, 4.69) is 0 Å². The molecule has 1 heterocycles. The van der Waals surface area contributed by atoms with Gasteiger partial charge in [0, 0.05) is 6.92 Å². The van der Waals surface area contributed by atoms with Gasteiger partial charge in [-0.15, -0.1) is 0 Å². The molecule has 0 aromatic heterocycles. The molecule has 238 valence electrons. The van der Waals surface area contributed by atoms with Crippen LogP contribution in [0.5, 0.6) is 0 Å². The molecule has 44 heavy (non-hydrogen) atoms. The Kier molecular flexibility index (Phi) is 8.18. The van der Waals surface area contributed by atoms with Gasteiger partial charge in [0.1, 0.15) is 23.9 Å². The van der Waals surface area contributed by atoms with Crippen molar-refractivity contribution in [1.29, 1.82) is 0 Å². The molecular formula is C33H40O11. The smallest absolute Gasteiger partial charge is 0.338 e. The molecule has 2 saturated carbocycles. The fourth-order valence-electron chi connectivity index (χ4n) is 7.88. The first kappa shape index (κ1) is 32.1. The second kappa shape index (κ2) is 11.2. The van der Waals surface area contributed by atoms with Crippen LogP contribution < -0.4 is 0 Å². The van der Waals surface area contributed by atoms with Crippen molar-refractivity contribution in [2.24, 2.45) is 11.3 Å². The van der Waals surface area contributed by atoms with Gasteiger partial charge in [-0.25, -0.2) is 9.59 Å². The molecule has 2 bridgehead atoms. The van der Waals surface area contributed by atoms with Crippen LogP contribution in [0.15, 0.2) is 60.7 Å². The van der Waals surface area contributed by atoms with Crippen molar-refractivity contribution in [2.75, 3.05) is 0 Å². The minimum atomic E-state index is -2.04. The Morgan fingerprint density at radius 1 is 0.909 bits per heavy atom. The Hall–Kier alpha value is -3.35. The van der Waals surface area contributed by atoms with Crippen LogP contribution in [0.3, 0.4) is 0 Å². The summed E-state index contributed by atoms with van der Waals surface area (Å²) in [6, 6.07) is 16.1. The maximum absolute atomic E-state index is 13.6. The highest BCUT2D eigenvalue weighted by Crippen LogP contribution is 2.68. The number of hydrogen-bond donors (Lipinski definition) is 4. The van der Waals surface area contributed by atoms with Crippen LogP contribution in [-0.2, 0) is 28.5 Å². The highest BCUT2D eigenvalue weighted by molar-refractivity contribution is 5.89. The first-order chi connectivity index (χ1) is 20.6. The molecule has 5 rings (SSSR count). The summed E-state index contributed by atoms with van der Waals surface area (Å²) >= 11 is 0. The Morgan fingerprint density at radius 2 is 1.50 bits per heavy atom. The second-order valence-electron chi connectivity index (χ2n) is 13.0. The van der Waals surface area contributed by atoms with Crippen LogP contribution in [0.2, 0.25) is 0 Å². The van der Waals surface area contributed by atoms with Crippen LogP contribution in [0.25, 0.3) is 0 Å². The van der Waals surface area contributed by atoms with Gasteiger partial charge in [0.25, 0.3) is 0 Å². The lowest BCUT2D eigenvalue weighted by molar-refractivity contribution is -0.336. The number of rotatable bonds is 7. The largest absolute Gasteiger partial charge is 0.462 e. The van der Waals surface area contributed by atoms with Crippen molar-refractivity contribution < 1.29 is 53.8 Å². The van der Waals surface area contributed by atoms with Crippen molar-refractivity contribution >= 4 is 17.9 Å². The van der Waals surface area contributed by atoms with Crippen molar-refractivity contribution in [3.8, 4) is 0 Å². The number of carbonyl (C=O) groups excluding carboxylic acids is 3. The standard InChI is InChI=1S/C33H40O11/c1-18(34)41-21-16-17-31(4,40)33-26(37)22(30(2,3)44-33)25(42-29(39)24(36)23(35)19-12-8-6-9-13-19)27(32(21,33)5)43-28(38)20-14-10-7-11-15-20/h6-15,21-27,35-37,40H,16-17H2,1-5H3. The lowest BCUT2D eigenvalue weighted by Gasteiger charge is -2.64. The molecule has 11 nitrogen and oxygen atoms in total. The topological polar surface area (TPSA) is 169 Å². The average Bonchev–Trinajstić information content (AvgIpc) is 3.17. The van der Waals surface area contributed by atoms with Gasteiger partial charge in [-0.1, -0.05) is 48.5 Å². The van der Waals surface area contributed by atoms with E-state index in [-0.39, 0.29) is 24.0 Å². The third-order valence-electron chi connectivity index (χ3n) is 9.88. The third kappa shape index (κ3) is 4.82. The summed E-state index contributed by atoms with van der Waals surface area (Å²) in [5.41, 5.74) is -6.08. The normalized spacial score (nSPS) is 36.8. The van der Waals surface area contributed by atoms with Gasteiger partial charge < -0.3 is 39.4 Å². The van der Waals surface area contributed by atoms with Gasteiger partial charge in [0.05, 0.1) is 34.2 Å². The molecule has 4 N–H and O–H groups in total. The lowest BCUT2D eigenvalue weighted by Crippen LogP contribution is -2.81. The molecule has 3 fully saturated rings. The number of carbonyl (C=O) groups is 3. The lowest BCUT2D eigenvalue weighted by atomic mass is 9.47. The predicted octanol–water partition coefficient (Wildman–Crippen LogP) is 2.24. The zero-order chi connectivity index (χ0) is 32.2. The fraction of sp³-hybridized carbons (Fsp3) is 0.545. The monoisotopic (exact) mass is 612 g/mol. The quantitative estimate of drug-likeness (QED) is 0.267. The third-order valence-corrected chi connectivity index (χ3v) is 9.88. The molecule has 10 atom stereocenters. The predicted molar refractivity (Wildman–Crippen MR) is 154 cm³/mol. The molecular weight excluding hydrogens is 572 g/mol.